The van der Waals surface area contributed by atoms with Gasteiger partial charge in [-0.2, -0.15) is 0 Å². The zero-order valence-electron chi connectivity index (χ0n) is 8.05. The summed E-state index contributed by atoms with van der Waals surface area (Å²) in [6.07, 6.45) is 1.61. The first kappa shape index (κ1) is 9.01. The zero-order chi connectivity index (χ0) is 8.48. The Morgan fingerprint density at radius 1 is 1.45 bits per heavy atom. The zero-order valence-corrected chi connectivity index (χ0v) is 8.05. The van der Waals surface area contributed by atoms with E-state index < -0.39 is 0 Å². The van der Waals surface area contributed by atoms with E-state index in [9.17, 15) is 0 Å². The van der Waals surface area contributed by atoms with E-state index in [1.165, 1.54) is 13.0 Å². The minimum atomic E-state index is 0.321. The van der Waals surface area contributed by atoms with Crippen LogP contribution in [-0.4, -0.2) is 38.3 Å². The SMILES string of the molecule is COC1CCN(C)CC1(C)C. The molecule has 2 nitrogen and oxygen atoms in total. The van der Waals surface area contributed by atoms with Gasteiger partial charge in [0.05, 0.1) is 6.10 Å². The van der Waals surface area contributed by atoms with Crippen molar-refractivity contribution >= 4 is 0 Å². The largest absolute Gasteiger partial charge is 0.381 e. The van der Waals surface area contributed by atoms with E-state index in [1.54, 1.807) is 0 Å². The van der Waals surface area contributed by atoms with Gasteiger partial charge in [0.15, 0.2) is 0 Å². The molecule has 1 atom stereocenters. The topological polar surface area (TPSA) is 12.5 Å². The molecule has 1 heterocycles. The van der Waals surface area contributed by atoms with Gasteiger partial charge in [0, 0.05) is 25.6 Å². The van der Waals surface area contributed by atoms with Crippen molar-refractivity contribution in [3.05, 3.63) is 0 Å². The molecule has 11 heavy (non-hydrogen) atoms. The number of methoxy groups -OCH3 is 1. The van der Waals surface area contributed by atoms with Crippen LogP contribution in [0.25, 0.3) is 0 Å². The van der Waals surface area contributed by atoms with E-state index in [4.69, 9.17) is 4.74 Å². The average molecular weight is 157 g/mol. The van der Waals surface area contributed by atoms with Crippen molar-refractivity contribution in [3.63, 3.8) is 0 Å². The van der Waals surface area contributed by atoms with E-state index in [0.717, 1.165) is 6.54 Å². The minimum absolute atomic E-state index is 0.321. The van der Waals surface area contributed by atoms with Crippen molar-refractivity contribution in [1.29, 1.82) is 0 Å². The van der Waals surface area contributed by atoms with E-state index in [1.807, 2.05) is 7.11 Å². The molecule has 1 aliphatic heterocycles. The lowest BCUT2D eigenvalue weighted by Gasteiger charge is -2.41. The number of hydrogen-bond acceptors (Lipinski definition) is 2. The highest BCUT2D eigenvalue weighted by molar-refractivity contribution is 4.86. The molecule has 0 radical (unpaired) electrons. The van der Waals surface area contributed by atoms with Gasteiger partial charge in [-0.1, -0.05) is 13.8 Å². The molecule has 1 saturated heterocycles. The van der Waals surface area contributed by atoms with Gasteiger partial charge in [0.25, 0.3) is 0 Å². The predicted octanol–water partition coefficient (Wildman–Crippen LogP) is 1.36. The third kappa shape index (κ3) is 1.94. The molecule has 1 unspecified atom stereocenters. The van der Waals surface area contributed by atoms with Gasteiger partial charge in [-0.25, -0.2) is 0 Å². The quantitative estimate of drug-likeness (QED) is 0.570. The Morgan fingerprint density at radius 2 is 2.09 bits per heavy atom. The molecule has 0 spiro atoms. The van der Waals surface area contributed by atoms with Crippen LogP contribution in [0.3, 0.4) is 0 Å². The number of ether oxygens (including phenoxy) is 1. The molecule has 0 bridgehead atoms. The van der Waals surface area contributed by atoms with Gasteiger partial charge < -0.3 is 9.64 Å². The molecule has 0 aromatic rings. The lowest BCUT2D eigenvalue weighted by Crippen LogP contribution is -2.47. The minimum Gasteiger partial charge on any atom is -0.381 e. The van der Waals surface area contributed by atoms with Crippen LogP contribution < -0.4 is 0 Å². The monoisotopic (exact) mass is 157 g/mol. The predicted molar refractivity (Wildman–Crippen MR) is 46.7 cm³/mol. The summed E-state index contributed by atoms with van der Waals surface area (Å²) in [6, 6.07) is 0. The van der Waals surface area contributed by atoms with Crippen molar-refractivity contribution in [2.75, 3.05) is 27.2 Å². The van der Waals surface area contributed by atoms with Crippen LogP contribution in [-0.2, 0) is 4.74 Å². The van der Waals surface area contributed by atoms with Crippen LogP contribution in [0, 0.1) is 5.41 Å². The Hall–Kier alpha value is -0.0800. The standard InChI is InChI=1S/C9H19NO/c1-9(2)7-10(3)6-5-8(9)11-4/h8H,5-7H2,1-4H3. The van der Waals surface area contributed by atoms with E-state index >= 15 is 0 Å². The molecule has 1 aliphatic rings. The van der Waals surface area contributed by atoms with E-state index in [-0.39, 0.29) is 0 Å². The Labute approximate surface area is 69.5 Å². The summed E-state index contributed by atoms with van der Waals surface area (Å²) in [5, 5.41) is 0. The molecular formula is C9H19NO. The maximum absolute atomic E-state index is 5.43. The number of rotatable bonds is 1. The molecule has 1 fully saturated rings. The lowest BCUT2D eigenvalue weighted by atomic mass is 9.81. The lowest BCUT2D eigenvalue weighted by molar-refractivity contribution is -0.0449. The normalized spacial score (nSPS) is 32.2. The highest BCUT2D eigenvalue weighted by Crippen LogP contribution is 2.30. The van der Waals surface area contributed by atoms with E-state index in [2.05, 4.69) is 25.8 Å². The van der Waals surface area contributed by atoms with Crippen LogP contribution in [0.1, 0.15) is 20.3 Å². The Morgan fingerprint density at radius 3 is 2.55 bits per heavy atom. The fourth-order valence-corrected chi connectivity index (χ4v) is 2.04. The third-order valence-electron chi connectivity index (χ3n) is 2.61. The van der Waals surface area contributed by atoms with Crippen molar-refractivity contribution in [1.82, 2.24) is 4.90 Å². The van der Waals surface area contributed by atoms with E-state index in [0.29, 0.717) is 11.5 Å². The number of nitrogens with zero attached hydrogens (tertiary/aromatic N) is 1. The molecule has 1 rings (SSSR count). The van der Waals surface area contributed by atoms with Crippen LogP contribution in [0.15, 0.2) is 0 Å². The first-order valence-corrected chi connectivity index (χ1v) is 4.27. The second-order valence-electron chi connectivity index (χ2n) is 4.24. The summed E-state index contributed by atoms with van der Waals surface area (Å²) in [5.41, 5.74) is 0.321. The fraction of sp³-hybridized carbons (Fsp3) is 1.00. The van der Waals surface area contributed by atoms with Gasteiger partial charge in [-0.15, -0.1) is 0 Å². The van der Waals surface area contributed by atoms with Crippen LogP contribution in [0.5, 0.6) is 0 Å². The maximum Gasteiger partial charge on any atom is 0.0646 e. The van der Waals surface area contributed by atoms with Gasteiger partial charge in [-0.05, 0) is 13.5 Å². The molecular weight excluding hydrogens is 138 g/mol. The summed E-state index contributed by atoms with van der Waals surface area (Å²) in [4.78, 5) is 2.37. The van der Waals surface area contributed by atoms with Crippen LogP contribution in [0.2, 0.25) is 0 Å². The smallest absolute Gasteiger partial charge is 0.0646 e. The highest BCUT2D eigenvalue weighted by Gasteiger charge is 2.34. The second kappa shape index (κ2) is 3.11. The van der Waals surface area contributed by atoms with Crippen LogP contribution >= 0.6 is 0 Å². The first-order chi connectivity index (χ1) is 5.06. The van der Waals surface area contributed by atoms with Gasteiger partial charge >= 0.3 is 0 Å². The number of piperidine rings is 1. The van der Waals surface area contributed by atoms with Crippen molar-refractivity contribution in [2.45, 2.75) is 26.4 Å². The van der Waals surface area contributed by atoms with Crippen molar-refractivity contribution < 1.29 is 4.74 Å². The second-order valence-corrected chi connectivity index (χ2v) is 4.24. The van der Waals surface area contributed by atoms with Crippen molar-refractivity contribution in [3.8, 4) is 0 Å². The number of likely N-dealkylation sites (tertiary alicyclic amines) is 1. The molecule has 0 N–H and O–H groups in total. The molecule has 0 saturated carbocycles. The first-order valence-electron chi connectivity index (χ1n) is 4.27. The summed E-state index contributed by atoms with van der Waals surface area (Å²) < 4.78 is 5.43. The Bertz CT molecular complexity index is 134. The number of hydrogen-bond donors (Lipinski definition) is 0. The van der Waals surface area contributed by atoms with Crippen LogP contribution in [0.4, 0.5) is 0 Å². The molecule has 66 valence electrons. The fourth-order valence-electron chi connectivity index (χ4n) is 2.04. The maximum atomic E-state index is 5.43. The van der Waals surface area contributed by atoms with Gasteiger partial charge in [-0.3, -0.25) is 0 Å². The molecule has 0 aliphatic carbocycles. The molecule has 2 heteroatoms. The highest BCUT2D eigenvalue weighted by atomic mass is 16.5. The summed E-state index contributed by atoms with van der Waals surface area (Å²) >= 11 is 0. The summed E-state index contributed by atoms with van der Waals surface area (Å²) in [6.45, 7) is 6.86. The average Bonchev–Trinajstić information content (AvgIpc) is 1.85. The third-order valence-corrected chi connectivity index (χ3v) is 2.61. The van der Waals surface area contributed by atoms with Gasteiger partial charge in [0.1, 0.15) is 0 Å². The molecule has 0 aromatic heterocycles. The summed E-state index contributed by atoms with van der Waals surface area (Å²) in [7, 11) is 3.99. The Kier molecular flexibility index (Phi) is 2.55. The Balaban J connectivity index is 2.56. The summed E-state index contributed by atoms with van der Waals surface area (Å²) in [5.74, 6) is 0. The van der Waals surface area contributed by atoms with Gasteiger partial charge in [0.2, 0.25) is 0 Å². The van der Waals surface area contributed by atoms with Crippen molar-refractivity contribution in [2.24, 2.45) is 5.41 Å². The molecule has 0 amide bonds. The molecule has 0 aromatic carbocycles.